The van der Waals surface area contributed by atoms with Gasteiger partial charge in [0.1, 0.15) is 5.60 Å². The number of aromatic nitrogens is 2. The first-order chi connectivity index (χ1) is 8.70. The van der Waals surface area contributed by atoms with E-state index in [1.807, 2.05) is 27.7 Å². The quantitative estimate of drug-likeness (QED) is 0.775. The van der Waals surface area contributed by atoms with Crippen LogP contribution in [0.4, 0.5) is 4.79 Å². The fourth-order valence-electron chi connectivity index (χ4n) is 2.36. The lowest BCUT2D eigenvalue weighted by molar-refractivity contribution is 0.0155. The number of hydrogen-bond donors (Lipinski definition) is 1. The smallest absolute Gasteiger partial charge is 0.410 e. The zero-order valence-corrected chi connectivity index (χ0v) is 12.1. The van der Waals surface area contributed by atoms with Crippen LogP contribution >= 0.6 is 0 Å². The Kier molecular flexibility index (Phi) is 3.20. The van der Waals surface area contributed by atoms with Crippen molar-refractivity contribution in [3.63, 3.8) is 0 Å². The van der Waals surface area contributed by atoms with Crippen LogP contribution in [0.1, 0.15) is 45.0 Å². The molecule has 0 bridgehead atoms. The summed E-state index contributed by atoms with van der Waals surface area (Å²) in [5, 5.41) is 3.02. The van der Waals surface area contributed by atoms with Crippen molar-refractivity contribution >= 4 is 6.09 Å². The highest BCUT2D eigenvalue weighted by Crippen LogP contribution is 2.27. The monoisotopic (exact) mass is 267 g/mol. The number of amides is 1. The molecule has 1 aromatic rings. The minimum Gasteiger partial charge on any atom is -0.444 e. The molecular formula is C13H21N3O3. The summed E-state index contributed by atoms with van der Waals surface area (Å²) in [4.78, 5) is 25.6. The number of nitrogens with zero attached hydrogens (tertiary/aromatic N) is 2. The van der Waals surface area contributed by atoms with Crippen molar-refractivity contribution in [2.75, 3.05) is 6.54 Å². The van der Waals surface area contributed by atoms with Crippen LogP contribution in [-0.4, -0.2) is 32.9 Å². The number of ether oxygens (including phenoxy) is 1. The third kappa shape index (κ3) is 2.52. The van der Waals surface area contributed by atoms with E-state index >= 15 is 0 Å². The number of aryl methyl sites for hydroxylation is 1. The van der Waals surface area contributed by atoms with Crippen LogP contribution < -0.4 is 5.56 Å². The van der Waals surface area contributed by atoms with Gasteiger partial charge in [-0.2, -0.15) is 0 Å². The Morgan fingerprint density at radius 3 is 2.63 bits per heavy atom. The highest BCUT2D eigenvalue weighted by atomic mass is 16.6. The fraction of sp³-hybridized carbons (Fsp3) is 0.692. The second-order valence-electron chi connectivity index (χ2n) is 5.97. The number of carbonyl (C=O) groups is 1. The predicted molar refractivity (Wildman–Crippen MR) is 71.1 cm³/mol. The zero-order valence-electron chi connectivity index (χ0n) is 12.1. The van der Waals surface area contributed by atoms with Crippen LogP contribution in [0.2, 0.25) is 0 Å². The molecule has 0 aromatic carbocycles. The first-order valence-corrected chi connectivity index (χ1v) is 6.48. The van der Waals surface area contributed by atoms with E-state index in [4.69, 9.17) is 4.74 Å². The van der Waals surface area contributed by atoms with E-state index in [9.17, 15) is 9.59 Å². The molecule has 1 N–H and O–H groups in total. The molecule has 0 saturated carbocycles. The van der Waals surface area contributed by atoms with E-state index in [1.54, 1.807) is 11.9 Å². The maximum Gasteiger partial charge on any atom is 0.410 e. The molecule has 106 valence electrons. The number of fused-ring (bicyclic) bond motifs is 1. The van der Waals surface area contributed by atoms with Gasteiger partial charge in [0, 0.05) is 19.2 Å². The van der Waals surface area contributed by atoms with E-state index in [0.717, 1.165) is 11.3 Å². The molecule has 6 nitrogen and oxygen atoms in total. The van der Waals surface area contributed by atoms with Gasteiger partial charge in [0.15, 0.2) is 0 Å². The van der Waals surface area contributed by atoms with E-state index in [-0.39, 0.29) is 17.7 Å². The molecule has 1 aromatic heterocycles. The van der Waals surface area contributed by atoms with Gasteiger partial charge < -0.3 is 4.74 Å². The molecule has 1 atom stereocenters. The molecule has 6 heteroatoms. The first-order valence-electron chi connectivity index (χ1n) is 6.48. The average Bonchev–Trinajstić information content (AvgIpc) is 2.55. The van der Waals surface area contributed by atoms with Crippen LogP contribution in [0.5, 0.6) is 0 Å². The van der Waals surface area contributed by atoms with Crippen molar-refractivity contribution in [3.8, 4) is 0 Å². The molecule has 19 heavy (non-hydrogen) atoms. The van der Waals surface area contributed by atoms with Gasteiger partial charge in [0.05, 0.1) is 11.7 Å². The molecule has 1 aliphatic heterocycles. The number of hydrogen-bond acceptors (Lipinski definition) is 3. The molecule has 0 radical (unpaired) electrons. The van der Waals surface area contributed by atoms with Gasteiger partial charge in [0.25, 0.3) is 5.56 Å². The number of nitrogens with one attached hydrogen (secondary N) is 1. The molecular weight excluding hydrogens is 246 g/mol. The second-order valence-corrected chi connectivity index (χ2v) is 5.97. The lowest BCUT2D eigenvalue weighted by atomic mass is 10.0. The van der Waals surface area contributed by atoms with Gasteiger partial charge in [-0.3, -0.25) is 19.5 Å². The minimum absolute atomic E-state index is 0.00862. The van der Waals surface area contributed by atoms with Crippen LogP contribution in [0.3, 0.4) is 0 Å². The van der Waals surface area contributed by atoms with Crippen molar-refractivity contribution < 1.29 is 9.53 Å². The molecule has 0 unspecified atom stereocenters. The Bertz CT molecular complexity index is 550. The molecule has 0 spiro atoms. The molecule has 2 rings (SSSR count). The van der Waals surface area contributed by atoms with Gasteiger partial charge in [-0.15, -0.1) is 0 Å². The fourth-order valence-corrected chi connectivity index (χ4v) is 2.36. The van der Waals surface area contributed by atoms with E-state index in [2.05, 4.69) is 5.10 Å². The third-order valence-corrected chi connectivity index (χ3v) is 3.29. The van der Waals surface area contributed by atoms with Crippen molar-refractivity contribution in [1.82, 2.24) is 14.7 Å². The summed E-state index contributed by atoms with van der Waals surface area (Å²) in [6.07, 6.45) is 0.227. The van der Waals surface area contributed by atoms with Crippen LogP contribution in [-0.2, 0) is 18.2 Å². The molecule has 0 aliphatic carbocycles. The van der Waals surface area contributed by atoms with Crippen molar-refractivity contribution in [1.29, 1.82) is 0 Å². The minimum atomic E-state index is -0.513. The number of rotatable bonds is 0. The standard InChI is InChI=1S/C13H21N3O3/c1-8-10-9(11(17)15(5)14-10)6-7-16(8)12(18)19-13(2,3)4/h8,14H,6-7H2,1-5H3/t8-/m1/s1. The maximum absolute atomic E-state index is 12.1. The summed E-state index contributed by atoms with van der Waals surface area (Å²) >= 11 is 0. The normalized spacial score (nSPS) is 19.2. The lowest BCUT2D eigenvalue weighted by Gasteiger charge is -2.34. The summed E-state index contributed by atoms with van der Waals surface area (Å²) in [6.45, 7) is 7.94. The molecule has 1 amide bonds. The third-order valence-electron chi connectivity index (χ3n) is 3.29. The largest absolute Gasteiger partial charge is 0.444 e. The zero-order chi connectivity index (χ0) is 14.4. The highest BCUT2D eigenvalue weighted by molar-refractivity contribution is 5.69. The number of carbonyl (C=O) groups excluding carboxylic acids is 1. The van der Waals surface area contributed by atoms with Crippen LogP contribution in [0.15, 0.2) is 4.79 Å². The topological polar surface area (TPSA) is 67.3 Å². The predicted octanol–water partition coefficient (Wildman–Crippen LogP) is 1.57. The molecule has 0 saturated heterocycles. The van der Waals surface area contributed by atoms with Crippen molar-refractivity contribution in [2.45, 2.75) is 45.8 Å². The van der Waals surface area contributed by atoms with Crippen molar-refractivity contribution in [3.05, 3.63) is 21.6 Å². The SMILES string of the molecule is C[C@@H]1c2[nH]n(C)c(=O)c2CCN1C(=O)OC(C)(C)C. The van der Waals surface area contributed by atoms with E-state index < -0.39 is 5.60 Å². The summed E-state index contributed by atoms with van der Waals surface area (Å²) in [5.74, 6) is 0. The van der Waals surface area contributed by atoms with E-state index in [1.165, 1.54) is 4.68 Å². The Morgan fingerprint density at radius 2 is 2.05 bits per heavy atom. The Morgan fingerprint density at radius 1 is 1.42 bits per heavy atom. The Hall–Kier alpha value is -1.72. The highest BCUT2D eigenvalue weighted by Gasteiger charge is 2.33. The number of H-pyrrole nitrogens is 1. The summed E-state index contributed by atoms with van der Waals surface area (Å²) < 4.78 is 6.85. The molecule has 1 aliphatic rings. The van der Waals surface area contributed by atoms with Crippen molar-refractivity contribution in [2.24, 2.45) is 7.05 Å². The van der Waals surface area contributed by atoms with Crippen LogP contribution in [0.25, 0.3) is 0 Å². The Labute approximate surface area is 112 Å². The van der Waals surface area contributed by atoms with Gasteiger partial charge >= 0.3 is 6.09 Å². The molecule has 2 heterocycles. The summed E-state index contributed by atoms with van der Waals surface area (Å²) in [6, 6.07) is -0.174. The van der Waals surface area contributed by atoms with Crippen LogP contribution in [0, 0.1) is 0 Å². The van der Waals surface area contributed by atoms with Gasteiger partial charge in [-0.1, -0.05) is 0 Å². The van der Waals surface area contributed by atoms with Gasteiger partial charge in [0.2, 0.25) is 0 Å². The average molecular weight is 267 g/mol. The summed E-state index contributed by atoms with van der Waals surface area (Å²) in [5.41, 5.74) is 1.06. The van der Waals surface area contributed by atoms with Gasteiger partial charge in [-0.05, 0) is 34.1 Å². The lowest BCUT2D eigenvalue weighted by Crippen LogP contribution is -2.42. The first kappa shape index (κ1) is 13.7. The maximum atomic E-state index is 12.1. The Balaban J connectivity index is 2.24. The summed E-state index contributed by atoms with van der Waals surface area (Å²) in [7, 11) is 1.69. The van der Waals surface area contributed by atoms with E-state index in [0.29, 0.717) is 13.0 Å². The van der Waals surface area contributed by atoms with Gasteiger partial charge in [-0.25, -0.2) is 4.79 Å². The number of aromatic amines is 1. The second kappa shape index (κ2) is 4.43. The molecule has 0 fully saturated rings.